The molecule has 0 spiro atoms. The van der Waals surface area contributed by atoms with E-state index in [1.807, 2.05) is 6.08 Å². The van der Waals surface area contributed by atoms with E-state index in [2.05, 4.69) is 91.0 Å². The third-order valence-electron chi connectivity index (χ3n) is 5.18. The molecule has 0 bridgehead atoms. The fourth-order valence-corrected chi connectivity index (χ4v) is 8.77. The molecule has 144 valence electrons. The summed E-state index contributed by atoms with van der Waals surface area (Å²) < 4.78 is 0. The Hall–Kier alpha value is -2.70. The van der Waals surface area contributed by atoms with E-state index in [0.29, 0.717) is 0 Å². The molecule has 0 aromatic heterocycles. The summed E-state index contributed by atoms with van der Waals surface area (Å²) in [7, 11) is -2.16. The Morgan fingerprint density at radius 3 is 1.54 bits per heavy atom. The van der Waals surface area contributed by atoms with Crippen LogP contribution in [0.2, 0.25) is 0 Å². The number of hydrogen-bond acceptors (Lipinski definition) is 1. The normalized spacial score (nSPS) is 12.1. The van der Waals surface area contributed by atoms with E-state index in [-0.39, 0.29) is 6.42 Å². The fourth-order valence-electron chi connectivity index (χ4n) is 3.89. The van der Waals surface area contributed by atoms with E-state index in [4.69, 9.17) is 5.11 Å². The van der Waals surface area contributed by atoms with Crippen molar-refractivity contribution in [3.8, 4) is 0 Å². The average Bonchev–Trinajstić information content (AvgIpc) is 2.75. The predicted molar refractivity (Wildman–Crippen MR) is 122 cm³/mol. The van der Waals surface area contributed by atoms with Gasteiger partial charge in [-0.25, -0.2) is 0 Å². The minimum atomic E-state index is -2.16. The summed E-state index contributed by atoms with van der Waals surface area (Å²) in [5.74, 6) is -0.780. The number of rotatable bonds is 9. The second-order valence-corrected chi connectivity index (χ2v) is 11.0. The Kier molecular flexibility index (Phi) is 7.17. The van der Waals surface area contributed by atoms with Crippen molar-refractivity contribution in [1.82, 2.24) is 0 Å². The Morgan fingerprint density at radius 1 is 0.714 bits per heavy atom. The zero-order valence-corrected chi connectivity index (χ0v) is 17.0. The van der Waals surface area contributed by atoms with Gasteiger partial charge < -0.3 is 0 Å². The second kappa shape index (κ2) is 10.0. The van der Waals surface area contributed by atoms with Crippen LogP contribution < -0.4 is 15.9 Å². The molecule has 0 radical (unpaired) electrons. The first kappa shape index (κ1) is 20.0. The molecular weight excluding hydrogens is 363 g/mol. The van der Waals surface area contributed by atoms with Gasteiger partial charge in [0.05, 0.1) is 0 Å². The second-order valence-electron chi connectivity index (χ2n) is 6.96. The van der Waals surface area contributed by atoms with Crippen molar-refractivity contribution < 1.29 is 9.90 Å². The molecule has 0 aliphatic rings. The van der Waals surface area contributed by atoms with E-state index >= 15 is 0 Å². The van der Waals surface area contributed by atoms with Crippen molar-refractivity contribution in [3.63, 3.8) is 0 Å². The quantitative estimate of drug-likeness (QED) is 0.331. The zero-order chi connectivity index (χ0) is 19.7. The molecule has 0 saturated heterocycles. The number of carboxylic acid groups (broad SMARTS) is 1. The van der Waals surface area contributed by atoms with Crippen LogP contribution in [0, 0.1) is 0 Å². The Balaban J connectivity index is 1.99. The van der Waals surface area contributed by atoms with E-state index in [1.165, 1.54) is 15.9 Å². The topological polar surface area (TPSA) is 37.3 Å². The van der Waals surface area contributed by atoms with Crippen LogP contribution in [0.3, 0.4) is 0 Å². The first-order valence-corrected chi connectivity index (χ1v) is 12.0. The Bertz CT molecular complexity index is 793. The van der Waals surface area contributed by atoms with E-state index in [9.17, 15) is 4.79 Å². The first-order valence-electron chi connectivity index (χ1n) is 9.77. The molecule has 0 saturated carbocycles. The summed E-state index contributed by atoms with van der Waals surface area (Å²) in [6.07, 6.45) is 6.88. The van der Waals surface area contributed by atoms with E-state index in [1.54, 1.807) is 6.08 Å². The van der Waals surface area contributed by atoms with E-state index < -0.39 is 13.2 Å². The molecule has 3 rings (SSSR count). The molecule has 3 aromatic rings. The third-order valence-corrected chi connectivity index (χ3v) is 10.2. The van der Waals surface area contributed by atoms with Crippen molar-refractivity contribution in [2.45, 2.75) is 19.3 Å². The van der Waals surface area contributed by atoms with Crippen molar-refractivity contribution in [3.05, 3.63) is 103 Å². The van der Waals surface area contributed by atoms with Gasteiger partial charge in [-0.2, -0.15) is 0 Å². The number of aliphatic carboxylic acids is 1. The van der Waals surface area contributed by atoms with Crippen LogP contribution in [0.15, 0.2) is 103 Å². The maximum atomic E-state index is 10.7. The molecule has 0 aliphatic heterocycles. The molecule has 0 atom stereocenters. The Labute approximate surface area is 167 Å². The van der Waals surface area contributed by atoms with Gasteiger partial charge in [0.2, 0.25) is 0 Å². The molecule has 1 N–H and O–H groups in total. The van der Waals surface area contributed by atoms with Gasteiger partial charge in [0, 0.05) is 0 Å². The Morgan fingerprint density at radius 2 is 1.14 bits per heavy atom. The van der Waals surface area contributed by atoms with Gasteiger partial charge in [-0.05, 0) is 0 Å². The summed E-state index contributed by atoms with van der Waals surface area (Å²) in [5, 5.41) is 13.1. The summed E-state index contributed by atoms with van der Waals surface area (Å²) >= 11 is 0. The van der Waals surface area contributed by atoms with Gasteiger partial charge in [0.25, 0.3) is 0 Å². The van der Waals surface area contributed by atoms with Gasteiger partial charge in [-0.1, -0.05) is 0 Å². The van der Waals surface area contributed by atoms with Crippen molar-refractivity contribution >= 4 is 29.1 Å². The van der Waals surface area contributed by atoms with Crippen LogP contribution in [0.25, 0.3) is 0 Å². The summed E-state index contributed by atoms with van der Waals surface area (Å²) in [6.45, 7) is 0. The summed E-state index contributed by atoms with van der Waals surface area (Å²) in [6, 6.07) is 32.7. The molecule has 28 heavy (non-hydrogen) atoms. The van der Waals surface area contributed by atoms with Crippen molar-refractivity contribution in [2.75, 3.05) is 6.16 Å². The van der Waals surface area contributed by atoms with Gasteiger partial charge in [0.1, 0.15) is 0 Å². The van der Waals surface area contributed by atoms with Crippen LogP contribution >= 0.6 is 7.26 Å². The number of carboxylic acids is 1. The molecule has 0 amide bonds. The van der Waals surface area contributed by atoms with Crippen molar-refractivity contribution in [2.24, 2.45) is 0 Å². The standard InChI is InChI=1S/C25H27O2P/c26-25(27)20-12-1-2-13-21-28(22-14-6-3-7-15-22,23-16-8-4-9-17-23)24-18-10-5-11-19-24/h1,3-12,14-19,28H,2,13,20-21H2,(H,26,27)/b12-1+. The molecule has 0 aliphatic carbocycles. The van der Waals surface area contributed by atoms with Gasteiger partial charge >= 0.3 is 168 Å². The molecule has 3 heteroatoms. The molecule has 0 heterocycles. The third kappa shape index (κ3) is 4.77. The van der Waals surface area contributed by atoms with Crippen LogP contribution in [0.5, 0.6) is 0 Å². The fraction of sp³-hybridized carbons (Fsp3) is 0.160. The minimum absolute atomic E-state index is 0.0959. The number of hydrogen-bond donors (Lipinski definition) is 1. The molecule has 3 aromatic carbocycles. The van der Waals surface area contributed by atoms with Gasteiger partial charge in [-0.15, -0.1) is 0 Å². The first-order chi connectivity index (χ1) is 13.7. The summed E-state index contributed by atoms with van der Waals surface area (Å²) in [5.41, 5.74) is 0. The molecule has 0 fully saturated rings. The maximum absolute atomic E-state index is 10.7. The van der Waals surface area contributed by atoms with Crippen LogP contribution in [0.1, 0.15) is 19.3 Å². The van der Waals surface area contributed by atoms with Crippen molar-refractivity contribution in [1.29, 1.82) is 0 Å². The monoisotopic (exact) mass is 390 g/mol. The van der Waals surface area contributed by atoms with Crippen LogP contribution in [0.4, 0.5) is 0 Å². The van der Waals surface area contributed by atoms with E-state index in [0.717, 1.165) is 19.0 Å². The molecular formula is C25H27O2P. The predicted octanol–water partition coefficient (Wildman–Crippen LogP) is 4.52. The molecule has 0 unspecified atom stereocenters. The van der Waals surface area contributed by atoms with Gasteiger partial charge in [0.15, 0.2) is 0 Å². The number of benzene rings is 3. The van der Waals surface area contributed by atoms with Crippen LogP contribution in [-0.4, -0.2) is 17.2 Å². The van der Waals surface area contributed by atoms with Crippen LogP contribution in [-0.2, 0) is 4.79 Å². The summed E-state index contributed by atoms with van der Waals surface area (Å²) in [4.78, 5) is 10.7. The number of allylic oxidation sites excluding steroid dienone is 1. The number of carbonyl (C=O) groups is 1. The SMILES string of the molecule is O=C(O)C/C=C/CCC[PH](c1ccccc1)(c1ccccc1)c1ccccc1. The number of unbranched alkanes of at least 4 members (excludes halogenated alkanes) is 1. The molecule has 2 nitrogen and oxygen atoms in total. The average molecular weight is 390 g/mol. The zero-order valence-electron chi connectivity index (χ0n) is 16.0. The van der Waals surface area contributed by atoms with Gasteiger partial charge in [-0.3, -0.25) is 0 Å².